The molecule has 1 N–H and O–H groups in total. The Bertz CT molecular complexity index is 464. The molecule has 0 amide bonds. The van der Waals surface area contributed by atoms with Crippen LogP contribution in [0.1, 0.15) is 25.3 Å². The van der Waals surface area contributed by atoms with E-state index in [1.807, 2.05) is 4.90 Å². The minimum Gasteiger partial charge on any atom is -0.491 e. The Morgan fingerprint density at radius 3 is 3.00 bits per heavy atom. The van der Waals surface area contributed by atoms with Gasteiger partial charge in [0.15, 0.2) is 11.6 Å². The standard InChI is InChI=1S/C14H18FNO3/c1-2-19-13-6-5-10(8-11(13)15)9-16-7-3-4-12(16)14(17)18/h5-6,8,12H,2-4,7,9H2,1H3,(H,17,18)/t12-/m1/s1. The van der Waals surface area contributed by atoms with Gasteiger partial charge in [0.05, 0.1) is 6.61 Å². The fourth-order valence-corrected chi connectivity index (χ4v) is 2.44. The maximum absolute atomic E-state index is 13.7. The number of benzene rings is 1. The van der Waals surface area contributed by atoms with E-state index in [-0.39, 0.29) is 5.75 Å². The van der Waals surface area contributed by atoms with Crippen LogP contribution < -0.4 is 4.74 Å². The molecule has 5 heteroatoms. The van der Waals surface area contributed by atoms with E-state index in [2.05, 4.69) is 0 Å². The molecule has 1 atom stereocenters. The van der Waals surface area contributed by atoms with E-state index in [4.69, 9.17) is 9.84 Å². The second-order valence-corrected chi connectivity index (χ2v) is 4.66. The van der Waals surface area contributed by atoms with E-state index >= 15 is 0 Å². The normalized spacial score (nSPS) is 19.6. The highest BCUT2D eigenvalue weighted by molar-refractivity contribution is 5.73. The van der Waals surface area contributed by atoms with E-state index in [0.717, 1.165) is 18.5 Å². The highest BCUT2D eigenvalue weighted by Gasteiger charge is 2.30. The quantitative estimate of drug-likeness (QED) is 0.889. The zero-order valence-electron chi connectivity index (χ0n) is 10.9. The van der Waals surface area contributed by atoms with Crippen LogP contribution in [-0.2, 0) is 11.3 Å². The lowest BCUT2D eigenvalue weighted by atomic mass is 10.1. The second kappa shape index (κ2) is 6.02. The fraction of sp³-hybridized carbons (Fsp3) is 0.500. The van der Waals surface area contributed by atoms with Gasteiger partial charge >= 0.3 is 5.97 Å². The minimum atomic E-state index is -0.802. The number of rotatable bonds is 5. The summed E-state index contributed by atoms with van der Waals surface area (Å²) in [5.41, 5.74) is 0.772. The number of carboxylic acids is 1. The molecule has 0 radical (unpaired) electrons. The minimum absolute atomic E-state index is 0.238. The highest BCUT2D eigenvalue weighted by atomic mass is 19.1. The highest BCUT2D eigenvalue weighted by Crippen LogP contribution is 2.23. The molecule has 19 heavy (non-hydrogen) atoms. The van der Waals surface area contributed by atoms with Crippen molar-refractivity contribution in [1.82, 2.24) is 4.90 Å². The number of carbonyl (C=O) groups is 1. The lowest BCUT2D eigenvalue weighted by Crippen LogP contribution is -2.35. The maximum Gasteiger partial charge on any atom is 0.320 e. The Labute approximate surface area is 111 Å². The van der Waals surface area contributed by atoms with Crippen molar-refractivity contribution in [2.24, 2.45) is 0 Å². The van der Waals surface area contributed by atoms with E-state index < -0.39 is 17.8 Å². The van der Waals surface area contributed by atoms with Gasteiger partial charge in [-0.05, 0) is 44.0 Å². The number of hydrogen-bond donors (Lipinski definition) is 1. The molecule has 1 aromatic rings. The molecular formula is C14H18FNO3. The predicted octanol–water partition coefficient (Wildman–Crippen LogP) is 2.27. The topological polar surface area (TPSA) is 49.8 Å². The Balaban J connectivity index is 2.07. The Kier molecular flexibility index (Phi) is 4.37. The first-order valence-electron chi connectivity index (χ1n) is 6.50. The summed E-state index contributed by atoms with van der Waals surface area (Å²) in [5, 5.41) is 9.09. The summed E-state index contributed by atoms with van der Waals surface area (Å²) >= 11 is 0. The number of likely N-dealkylation sites (tertiary alicyclic amines) is 1. The number of ether oxygens (including phenoxy) is 1. The van der Waals surface area contributed by atoms with Crippen LogP contribution in [0.3, 0.4) is 0 Å². The molecule has 0 unspecified atom stereocenters. The van der Waals surface area contributed by atoms with Crippen LogP contribution in [0.25, 0.3) is 0 Å². The zero-order valence-corrected chi connectivity index (χ0v) is 10.9. The third kappa shape index (κ3) is 3.23. The van der Waals surface area contributed by atoms with Gasteiger partial charge in [-0.3, -0.25) is 9.69 Å². The lowest BCUT2D eigenvalue weighted by Gasteiger charge is -2.21. The number of aliphatic carboxylic acids is 1. The summed E-state index contributed by atoms with van der Waals surface area (Å²) < 4.78 is 18.8. The monoisotopic (exact) mass is 267 g/mol. The van der Waals surface area contributed by atoms with Gasteiger partial charge in [-0.2, -0.15) is 0 Å². The molecule has 1 fully saturated rings. The molecule has 4 nitrogen and oxygen atoms in total. The van der Waals surface area contributed by atoms with Gasteiger partial charge in [0.1, 0.15) is 6.04 Å². The third-order valence-corrected chi connectivity index (χ3v) is 3.33. The van der Waals surface area contributed by atoms with Gasteiger partial charge in [-0.1, -0.05) is 6.07 Å². The SMILES string of the molecule is CCOc1ccc(CN2CCC[C@@H]2C(=O)O)cc1F. The van der Waals surface area contributed by atoms with Crippen molar-refractivity contribution in [3.8, 4) is 5.75 Å². The summed E-state index contributed by atoms with van der Waals surface area (Å²) in [5.74, 6) is -0.961. The molecule has 0 saturated carbocycles. The van der Waals surface area contributed by atoms with Crippen LogP contribution in [0.5, 0.6) is 5.75 Å². The summed E-state index contributed by atoms with van der Waals surface area (Å²) in [4.78, 5) is 12.9. The molecule has 1 saturated heterocycles. The molecule has 1 aliphatic rings. The molecule has 1 aliphatic heterocycles. The van der Waals surface area contributed by atoms with E-state index in [1.165, 1.54) is 6.07 Å². The molecule has 1 heterocycles. The van der Waals surface area contributed by atoms with Crippen molar-refractivity contribution >= 4 is 5.97 Å². The molecule has 0 spiro atoms. The summed E-state index contributed by atoms with van der Waals surface area (Å²) in [6.07, 6.45) is 1.53. The van der Waals surface area contributed by atoms with Crippen LogP contribution >= 0.6 is 0 Å². The smallest absolute Gasteiger partial charge is 0.320 e. The van der Waals surface area contributed by atoms with Gasteiger partial charge in [-0.25, -0.2) is 4.39 Å². The number of hydrogen-bond acceptors (Lipinski definition) is 3. The third-order valence-electron chi connectivity index (χ3n) is 3.33. The average molecular weight is 267 g/mol. The molecule has 0 bridgehead atoms. The molecule has 104 valence electrons. The number of halogens is 1. The van der Waals surface area contributed by atoms with Crippen molar-refractivity contribution in [3.05, 3.63) is 29.6 Å². The van der Waals surface area contributed by atoms with Crippen LogP contribution in [0, 0.1) is 5.82 Å². The Morgan fingerprint density at radius 2 is 2.37 bits per heavy atom. The van der Waals surface area contributed by atoms with Crippen molar-refractivity contribution in [2.75, 3.05) is 13.2 Å². The van der Waals surface area contributed by atoms with E-state index in [1.54, 1.807) is 19.1 Å². The summed E-state index contributed by atoms with van der Waals surface area (Å²) in [7, 11) is 0. The number of nitrogens with zero attached hydrogens (tertiary/aromatic N) is 1. The molecule has 0 aliphatic carbocycles. The van der Waals surface area contributed by atoms with E-state index in [9.17, 15) is 9.18 Å². The van der Waals surface area contributed by atoms with Crippen molar-refractivity contribution < 1.29 is 19.0 Å². The van der Waals surface area contributed by atoms with Crippen molar-refractivity contribution in [1.29, 1.82) is 0 Å². The van der Waals surface area contributed by atoms with Gasteiger partial charge in [0.2, 0.25) is 0 Å². The van der Waals surface area contributed by atoms with Crippen molar-refractivity contribution in [2.45, 2.75) is 32.4 Å². The Morgan fingerprint density at radius 1 is 1.58 bits per heavy atom. The van der Waals surface area contributed by atoms with Gasteiger partial charge in [-0.15, -0.1) is 0 Å². The van der Waals surface area contributed by atoms with Crippen molar-refractivity contribution in [3.63, 3.8) is 0 Å². The molecule has 1 aromatic carbocycles. The van der Waals surface area contributed by atoms with Gasteiger partial charge < -0.3 is 9.84 Å². The van der Waals surface area contributed by atoms with Crippen LogP contribution in [0.2, 0.25) is 0 Å². The fourth-order valence-electron chi connectivity index (χ4n) is 2.44. The van der Waals surface area contributed by atoms with Gasteiger partial charge in [0.25, 0.3) is 0 Å². The van der Waals surface area contributed by atoms with Crippen LogP contribution in [-0.4, -0.2) is 35.2 Å². The first kappa shape index (κ1) is 13.8. The van der Waals surface area contributed by atoms with Crippen LogP contribution in [0.15, 0.2) is 18.2 Å². The first-order chi connectivity index (χ1) is 9.11. The maximum atomic E-state index is 13.7. The second-order valence-electron chi connectivity index (χ2n) is 4.66. The molecular weight excluding hydrogens is 249 g/mol. The predicted molar refractivity (Wildman–Crippen MR) is 68.6 cm³/mol. The van der Waals surface area contributed by atoms with Gasteiger partial charge in [0, 0.05) is 6.54 Å². The molecule has 0 aromatic heterocycles. The average Bonchev–Trinajstić information content (AvgIpc) is 2.81. The Hall–Kier alpha value is -1.62. The number of carboxylic acid groups (broad SMARTS) is 1. The summed E-state index contributed by atoms with van der Waals surface area (Å²) in [6, 6.07) is 4.35. The summed E-state index contributed by atoms with van der Waals surface area (Å²) in [6.45, 7) is 3.42. The van der Waals surface area contributed by atoms with E-state index in [0.29, 0.717) is 19.6 Å². The first-order valence-corrected chi connectivity index (χ1v) is 6.50. The van der Waals surface area contributed by atoms with Crippen LogP contribution in [0.4, 0.5) is 4.39 Å². The zero-order chi connectivity index (χ0) is 13.8. The largest absolute Gasteiger partial charge is 0.491 e. The lowest BCUT2D eigenvalue weighted by molar-refractivity contribution is -0.142. The molecule has 2 rings (SSSR count).